The first-order chi connectivity index (χ1) is 9.17. The van der Waals surface area contributed by atoms with E-state index in [1.165, 1.54) is 16.7 Å². The van der Waals surface area contributed by atoms with Crippen molar-refractivity contribution in [3.05, 3.63) is 47.0 Å². The Labute approximate surface area is 140 Å². The van der Waals surface area contributed by atoms with Crippen molar-refractivity contribution >= 4 is 29.9 Å². The number of hydrogen-bond donors (Lipinski definition) is 2. The van der Waals surface area contributed by atoms with E-state index in [1.807, 2.05) is 6.92 Å². The summed E-state index contributed by atoms with van der Waals surface area (Å²) in [5.74, 6) is 0.851. The number of aryl methyl sites for hydroxylation is 2. The topological polar surface area (TPSA) is 36.4 Å². The minimum Gasteiger partial charge on any atom is -0.356 e. The predicted octanol–water partition coefficient (Wildman–Crippen LogP) is 3.55. The Morgan fingerprint density at radius 1 is 1.25 bits per heavy atom. The average Bonchev–Trinajstić information content (AvgIpc) is 2.40. The number of rotatable bonds is 5. The van der Waals surface area contributed by atoms with Crippen molar-refractivity contribution < 1.29 is 0 Å². The molecule has 20 heavy (non-hydrogen) atoms. The smallest absolute Gasteiger partial charge is 0.191 e. The summed E-state index contributed by atoms with van der Waals surface area (Å²) >= 11 is 0. The lowest BCUT2D eigenvalue weighted by atomic mass is 10.1. The third-order valence-electron chi connectivity index (χ3n) is 3.01. The molecule has 112 valence electrons. The normalized spacial score (nSPS) is 11.3. The molecule has 0 fully saturated rings. The van der Waals surface area contributed by atoms with Gasteiger partial charge in [-0.1, -0.05) is 35.9 Å². The van der Waals surface area contributed by atoms with Crippen molar-refractivity contribution in [2.24, 2.45) is 4.99 Å². The van der Waals surface area contributed by atoms with Gasteiger partial charge in [0.15, 0.2) is 5.96 Å². The van der Waals surface area contributed by atoms with Crippen LogP contribution >= 0.6 is 24.0 Å². The summed E-state index contributed by atoms with van der Waals surface area (Å²) in [6, 6.07) is 6.52. The van der Waals surface area contributed by atoms with Crippen LogP contribution in [0, 0.1) is 13.8 Å². The highest BCUT2D eigenvalue weighted by Gasteiger charge is 2.00. The van der Waals surface area contributed by atoms with Crippen LogP contribution in [0.2, 0.25) is 0 Å². The fraction of sp³-hybridized carbons (Fsp3) is 0.438. The Hall–Kier alpha value is -1.04. The molecular formula is C16H26IN3. The van der Waals surface area contributed by atoms with Gasteiger partial charge in [-0.3, -0.25) is 4.99 Å². The van der Waals surface area contributed by atoms with Crippen LogP contribution in [-0.4, -0.2) is 19.6 Å². The summed E-state index contributed by atoms with van der Waals surface area (Å²) < 4.78 is 0. The zero-order valence-corrected chi connectivity index (χ0v) is 15.2. The first-order valence-electron chi connectivity index (χ1n) is 6.79. The van der Waals surface area contributed by atoms with E-state index >= 15 is 0 Å². The Kier molecular flexibility index (Phi) is 10.2. The molecule has 0 spiro atoms. The van der Waals surface area contributed by atoms with Crippen molar-refractivity contribution in [1.82, 2.24) is 10.6 Å². The van der Waals surface area contributed by atoms with Gasteiger partial charge in [0.2, 0.25) is 0 Å². The minimum absolute atomic E-state index is 0. The summed E-state index contributed by atoms with van der Waals surface area (Å²) in [7, 11) is 1.80. The number of allylic oxidation sites excluding steroid dienone is 1. The van der Waals surface area contributed by atoms with E-state index in [1.54, 1.807) is 7.05 Å². The first kappa shape index (κ1) is 19.0. The Bertz CT molecular complexity index is 453. The highest BCUT2D eigenvalue weighted by Crippen LogP contribution is 2.09. The minimum atomic E-state index is 0. The molecule has 0 aliphatic heterocycles. The maximum Gasteiger partial charge on any atom is 0.191 e. The Morgan fingerprint density at radius 2 is 2.00 bits per heavy atom. The van der Waals surface area contributed by atoms with Gasteiger partial charge < -0.3 is 10.6 Å². The Morgan fingerprint density at radius 3 is 2.60 bits per heavy atom. The van der Waals surface area contributed by atoms with Crippen molar-refractivity contribution in [2.75, 3.05) is 13.6 Å². The van der Waals surface area contributed by atoms with Gasteiger partial charge >= 0.3 is 0 Å². The van der Waals surface area contributed by atoms with Crippen LogP contribution in [0.25, 0.3) is 0 Å². The van der Waals surface area contributed by atoms with Crippen molar-refractivity contribution in [2.45, 2.75) is 33.7 Å². The maximum atomic E-state index is 4.22. The third-order valence-corrected chi connectivity index (χ3v) is 3.01. The fourth-order valence-electron chi connectivity index (χ4n) is 1.88. The van der Waals surface area contributed by atoms with Crippen LogP contribution in [0.5, 0.6) is 0 Å². The zero-order valence-electron chi connectivity index (χ0n) is 12.9. The Balaban J connectivity index is 0.00000361. The van der Waals surface area contributed by atoms with Crippen LogP contribution in [0.3, 0.4) is 0 Å². The number of nitrogens with zero attached hydrogens (tertiary/aromatic N) is 1. The molecule has 0 heterocycles. The number of halogens is 1. The highest BCUT2D eigenvalue weighted by molar-refractivity contribution is 14.0. The van der Waals surface area contributed by atoms with Gasteiger partial charge in [-0.15, -0.1) is 24.0 Å². The number of guanidine groups is 1. The van der Waals surface area contributed by atoms with Gasteiger partial charge in [-0.05, 0) is 38.3 Å². The fourth-order valence-corrected chi connectivity index (χ4v) is 1.88. The SMILES string of the molecule is C/C=C/CCNC(=NC)NCc1ccc(C)cc1C.I. The van der Waals surface area contributed by atoms with E-state index < -0.39 is 0 Å². The van der Waals surface area contributed by atoms with Crippen molar-refractivity contribution in [3.63, 3.8) is 0 Å². The molecule has 0 aliphatic rings. The largest absolute Gasteiger partial charge is 0.356 e. The van der Waals surface area contributed by atoms with Crippen LogP contribution in [0.4, 0.5) is 0 Å². The van der Waals surface area contributed by atoms with Gasteiger partial charge in [0.25, 0.3) is 0 Å². The molecule has 2 N–H and O–H groups in total. The van der Waals surface area contributed by atoms with E-state index in [0.717, 1.165) is 25.5 Å². The molecule has 1 rings (SSSR count). The van der Waals surface area contributed by atoms with Crippen LogP contribution in [-0.2, 0) is 6.54 Å². The van der Waals surface area contributed by atoms with Crippen LogP contribution in [0.15, 0.2) is 35.3 Å². The summed E-state index contributed by atoms with van der Waals surface area (Å²) in [6.07, 6.45) is 5.22. The molecule has 0 saturated carbocycles. The predicted molar refractivity (Wildman–Crippen MR) is 99.0 cm³/mol. The first-order valence-corrected chi connectivity index (χ1v) is 6.79. The van der Waals surface area contributed by atoms with E-state index in [-0.39, 0.29) is 24.0 Å². The molecule has 1 aromatic rings. The van der Waals surface area contributed by atoms with Gasteiger partial charge in [0.1, 0.15) is 0 Å². The van der Waals surface area contributed by atoms with Crippen molar-refractivity contribution in [1.29, 1.82) is 0 Å². The zero-order chi connectivity index (χ0) is 14.1. The molecule has 0 radical (unpaired) electrons. The summed E-state index contributed by atoms with van der Waals surface area (Å²) in [6.45, 7) is 8.00. The second-order valence-electron chi connectivity index (χ2n) is 4.64. The summed E-state index contributed by atoms with van der Waals surface area (Å²) in [5, 5.41) is 6.63. The molecule has 0 saturated heterocycles. The lowest BCUT2D eigenvalue weighted by molar-refractivity contribution is 0.801. The number of nitrogens with one attached hydrogen (secondary N) is 2. The molecule has 4 heteroatoms. The molecule has 1 aromatic carbocycles. The van der Waals surface area contributed by atoms with E-state index in [9.17, 15) is 0 Å². The van der Waals surface area contributed by atoms with Crippen LogP contribution < -0.4 is 10.6 Å². The maximum absolute atomic E-state index is 4.22. The van der Waals surface area contributed by atoms with E-state index in [0.29, 0.717) is 0 Å². The molecule has 0 aliphatic carbocycles. The highest BCUT2D eigenvalue weighted by atomic mass is 127. The molecule has 0 aromatic heterocycles. The second-order valence-corrected chi connectivity index (χ2v) is 4.64. The molecule has 3 nitrogen and oxygen atoms in total. The van der Waals surface area contributed by atoms with Crippen molar-refractivity contribution in [3.8, 4) is 0 Å². The molecule has 0 unspecified atom stereocenters. The number of hydrogen-bond acceptors (Lipinski definition) is 1. The van der Waals surface area contributed by atoms with Crippen LogP contribution in [0.1, 0.15) is 30.0 Å². The van der Waals surface area contributed by atoms with Gasteiger partial charge in [0, 0.05) is 20.1 Å². The molecule has 0 amide bonds. The van der Waals surface area contributed by atoms with Gasteiger partial charge in [-0.25, -0.2) is 0 Å². The van der Waals surface area contributed by atoms with Gasteiger partial charge in [-0.2, -0.15) is 0 Å². The second kappa shape index (κ2) is 10.7. The monoisotopic (exact) mass is 387 g/mol. The quantitative estimate of drug-likeness (QED) is 0.267. The number of benzene rings is 1. The van der Waals surface area contributed by atoms with E-state index in [4.69, 9.17) is 0 Å². The van der Waals surface area contributed by atoms with E-state index in [2.05, 4.69) is 59.8 Å². The summed E-state index contributed by atoms with van der Waals surface area (Å²) in [4.78, 5) is 4.22. The third kappa shape index (κ3) is 6.93. The lowest BCUT2D eigenvalue weighted by Crippen LogP contribution is -2.37. The standard InChI is InChI=1S/C16H25N3.HI/c1-5-6-7-10-18-16(17-4)19-12-15-9-8-13(2)11-14(15)3;/h5-6,8-9,11H,7,10,12H2,1-4H3,(H2,17,18,19);1H/b6-5+;. The molecule has 0 atom stereocenters. The number of aliphatic imine (C=N–C) groups is 1. The molecule has 0 bridgehead atoms. The lowest BCUT2D eigenvalue weighted by Gasteiger charge is -2.13. The van der Waals surface area contributed by atoms with Gasteiger partial charge in [0.05, 0.1) is 0 Å². The summed E-state index contributed by atoms with van der Waals surface area (Å²) in [5.41, 5.74) is 3.92. The average molecular weight is 387 g/mol. The molecular weight excluding hydrogens is 361 g/mol.